The Kier molecular flexibility index (Phi) is 4.92. The van der Waals surface area contributed by atoms with Gasteiger partial charge in [0.2, 0.25) is 5.91 Å². The quantitative estimate of drug-likeness (QED) is 0.762. The van der Waals surface area contributed by atoms with E-state index < -0.39 is 0 Å². The first-order valence-electron chi connectivity index (χ1n) is 7.93. The summed E-state index contributed by atoms with van der Waals surface area (Å²) in [5.41, 5.74) is 2.85. The number of aryl methyl sites for hydroxylation is 1. The lowest BCUT2D eigenvalue weighted by molar-refractivity contribution is -0.116. The van der Waals surface area contributed by atoms with Crippen LogP contribution in [0.25, 0.3) is 0 Å². The van der Waals surface area contributed by atoms with Gasteiger partial charge in [-0.1, -0.05) is 18.2 Å². The van der Waals surface area contributed by atoms with Gasteiger partial charge in [0, 0.05) is 18.9 Å². The average molecular weight is 314 g/mol. The van der Waals surface area contributed by atoms with Crippen molar-refractivity contribution in [3.8, 4) is 5.75 Å². The van der Waals surface area contributed by atoms with Crippen LogP contribution in [0.15, 0.2) is 30.5 Å². The summed E-state index contributed by atoms with van der Waals surface area (Å²) in [5, 5.41) is 13.4. The van der Waals surface area contributed by atoms with Crippen molar-refractivity contribution in [1.82, 2.24) is 15.5 Å². The topological polar surface area (TPSA) is 79.0 Å². The number of para-hydroxylation sites is 1. The second kappa shape index (κ2) is 7.28. The molecule has 1 aliphatic heterocycles. The number of anilines is 1. The number of carbonyl (C=O) groups excluding carboxylic acids is 1. The highest BCUT2D eigenvalue weighted by atomic mass is 16.5. The Balaban J connectivity index is 1.58. The molecule has 2 aromatic rings. The molecule has 1 aliphatic rings. The van der Waals surface area contributed by atoms with E-state index in [1.807, 2.05) is 24.3 Å². The van der Waals surface area contributed by atoms with Gasteiger partial charge in [0.15, 0.2) is 0 Å². The lowest BCUT2D eigenvalue weighted by Crippen LogP contribution is -2.15. The van der Waals surface area contributed by atoms with E-state index in [9.17, 15) is 4.79 Å². The Bertz CT molecular complexity index is 662. The molecule has 0 spiro atoms. The molecule has 1 aromatic heterocycles. The molecule has 0 radical (unpaired) electrons. The highest BCUT2D eigenvalue weighted by Crippen LogP contribution is 2.27. The highest BCUT2D eigenvalue weighted by Gasteiger charge is 2.22. The second-order valence-corrected chi connectivity index (χ2v) is 5.75. The Labute approximate surface area is 135 Å². The average Bonchev–Trinajstić information content (AvgIpc) is 3.24. The number of nitrogens with zero attached hydrogens (tertiary/aromatic N) is 1. The summed E-state index contributed by atoms with van der Waals surface area (Å²) in [6.45, 7) is 1.93. The maximum atomic E-state index is 12.2. The Hall–Kier alpha value is -2.34. The van der Waals surface area contributed by atoms with Crippen molar-refractivity contribution in [3.63, 3.8) is 0 Å². The summed E-state index contributed by atoms with van der Waals surface area (Å²) in [6, 6.07) is 7.78. The smallest absolute Gasteiger partial charge is 0.224 e. The van der Waals surface area contributed by atoms with Crippen LogP contribution >= 0.6 is 0 Å². The molecule has 0 bridgehead atoms. The number of rotatable bonds is 6. The first kappa shape index (κ1) is 15.6. The summed E-state index contributed by atoms with van der Waals surface area (Å²) in [7, 11) is 1.65. The minimum Gasteiger partial charge on any atom is -0.496 e. The number of hydrogen-bond donors (Lipinski definition) is 3. The van der Waals surface area contributed by atoms with Crippen LogP contribution in [0.4, 0.5) is 5.69 Å². The number of ether oxygens (including phenoxy) is 1. The molecule has 0 saturated carbocycles. The van der Waals surface area contributed by atoms with E-state index in [0.717, 1.165) is 42.2 Å². The van der Waals surface area contributed by atoms with E-state index in [1.54, 1.807) is 13.3 Å². The Morgan fingerprint density at radius 1 is 1.43 bits per heavy atom. The second-order valence-electron chi connectivity index (χ2n) is 5.75. The van der Waals surface area contributed by atoms with Gasteiger partial charge in [0.1, 0.15) is 5.75 Å². The van der Waals surface area contributed by atoms with Crippen LogP contribution in [0, 0.1) is 0 Å². The fraction of sp³-hybridized carbons (Fsp3) is 0.412. The Morgan fingerprint density at radius 2 is 2.30 bits per heavy atom. The van der Waals surface area contributed by atoms with Gasteiger partial charge >= 0.3 is 0 Å². The van der Waals surface area contributed by atoms with Crippen LogP contribution in [-0.4, -0.2) is 36.3 Å². The van der Waals surface area contributed by atoms with Crippen molar-refractivity contribution in [2.45, 2.75) is 25.2 Å². The summed E-state index contributed by atoms with van der Waals surface area (Å²) < 4.78 is 5.32. The highest BCUT2D eigenvalue weighted by molar-refractivity contribution is 5.91. The molecule has 6 heteroatoms. The molecule has 1 atom stereocenters. The molecule has 1 aromatic carbocycles. The van der Waals surface area contributed by atoms with Crippen LogP contribution < -0.4 is 15.4 Å². The van der Waals surface area contributed by atoms with Crippen LogP contribution in [0.2, 0.25) is 0 Å². The van der Waals surface area contributed by atoms with E-state index >= 15 is 0 Å². The number of H-pyrrole nitrogens is 1. The van der Waals surface area contributed by atoms with Gasteiger partial charge in [-0.15, -0.1) is 0 Å². The Morgan fingerprint density at radius 3 is 3.09 bits per heavy atom. The van der Waals surface area contributed by atoms with Crippen molar-refractivity contribution in [1.29, 1.82) is 0 Å². The van der Waals surface area contributed by atoms with E-state index in [2.05, 4.69) is 20.8 Å². The zero-order valence-corrected chi connectivity index (χ0v) is 13.3. The van der Waals surface area contributed by atoms with Crippen molar-refractivity contribution in [2.24, 2.45) is 0 Å². The molecule has 0 aliphatic carbocycles. The van der Waals surface area contributed by atoms with Crippen LogP contribution in [-0.2, 0) is 11.2 Å². The first-order chi connectivity index (χ1) is 11.3. The molecule has 2 heterocycles. The minimum atomic E-state index is -0.00971. The van der Waals surface area contributed by atoms with Gasteiger partial charge in [-0.3, -0.25) is 9.89 Å². The standard InChI is InChI=1S/C17H22N4O2/c1-23-15-5-3-2-4-12(15)6-7-16(22)20-14-11-19-21-17(14)13-8-9-18-10-13/h2-5,11,13,18H,6-10H2,1H3,(H,19,21)(H,20,22). The van der Waals surface area contributed by atoms with Gasteiger partial charge in [-0.25, -0.2) is 0 Å². The zero-order valence-electron chi connectivity index (χ0n) is 13.3. The van der Waals surface area contributed by atoms with Crippen LogP contribution in [0.1, 0.15) is 30.0 Å². The summed E-state index contributed by atoms with van der Waals surface area (Å²) in [5.74, 6) is 1.20. The van der Waals surface area contributed by atoms with Gasteiger partial charge in [-0.05, 0) is 31.0 Å². The summed E-state index contributed by atoms with van der Waals surface area (Å²) in [4.78, 5) is 12.2. The monoisotopic (exact) mass is 314 g/mol. The largest absolute Gasteiger partial charge is 0.496 e. The number of benzene rings is 1. The number of amides is 1. The number of nitrogens with one attached hydrogen (secondary N) is 3. The third-order valence-electron chi connectivity index (χ3n) is 4.23. The predicted molar refractivity (Wildman–Crippen MR) is 88.8 cm³/mol. The molecule has 3 N–H and O–H groups in total. The zero-order chi connectivity index (χ0) is 16.1. The number of aromatic nitrogens is 2. The van der Waals surface area contributed by atoms with E-state index in [0.29, 0.717) is 18.8 Å². The summed E-state index contributed by atoms with van der Waals surface area (Å²) in [6.07, 6.45) is 3.81. The molecule has 1 unspecified atom stereocenters. The van der Waals surface area contributed by atoms with E-state index in [-0.39, 0.29) is 5.91 Å². The normalized spacial score (nSPS) is 17.2. The van der Waals surface area contributed by atoms with E-state index in [1.165, 1.54) is 0 Å². The van der Waals surface area contributed by atoms with Gasteiger partial charge < -0.3 is 15.4 Å². The molecule has 1 saturated heterocycles. The van der Waals surface area contributed by atoms with Crippen molar-refractivity contribution in [3.05, 3.63) is 41.7 Å². The lowest BCUT2D eigenvalue weighted by Gasteiger charge is -2.11. The fourth-order valence-corrected chi connectivity index (χ4v) is 2.98. The maximum Gasteiger partial charge on any atom is 0.224 e. The van der Waals surface area contributed by atoms with Gasteiger partial charge in [0.25, 0.3) is 0 Å². The van der Waals surface area contributed by atoms with E-state index in [4.69, 9.17) is 4.74 Å². The molecule has 23 heavy (non-hydrogen) atoms. The number of carbonyl (C=O) groups is 1. The molecular weight excluding hydrogens is 292 g/mol. The summed E-state index contributed by atoms with van der Waals surface area (Å²) >= 11 is 0. The van der Waals surface area contributed by atoms with Gasteiger partial charge in [0.05, 0.1) is 24.7 Å². The predicted octanol–water partition coefficient (Wildman–Crippen LogP) is 2.07. The molecule has 1 fully saturated rings. The number of methoxy groups -OCH3 is 1. The molecular formula is C17H22N4O2. The number of hydrogen-bond acceptors (Lipinski definition) is 4. The van der Waals surface area contributed by atoms with Crippen LogP contribution in [0.3, 0.4) is 0 Å². The fourth-order valence-electron chi connectivity index (χ4n) is 2.98. The minimum absolute atomic E-state index is 0.00971. The molecule has 1 amide bonds. The third-order valence-corrected chi connectivity index (χ3v) is 4.23. The van der Waals surface area contributed by atoms with Crippen molar-refractivity contribution >= 4 is 11.6 Å². The molecule has 122 valence electrons. The van der Waals surface area contributed by atoms with Crippen molar-refractivity contribution < 1.29 is 9.53 Å². The van der Waals surface area contributed by atoms with Crippen molar-refractivity contribution in [2.75, 3.05) is 25.5 Å². The number of aromatic amines is 1. The SMILES string of the molecule is COc1ccccc1CCC(=O)Nc1cn[nH]c1C1CCNC1. The lowest BCUT2D eigenvalue weighted by atomic mass is 10.0. The third kappa shape index (κ3) is 3.71. The maximum absolute atomic E-state index is 12.2. The van der Waals surface area contributed by atoms with Crippen LogP contribution in [0.5, 0.6) is 5.75 Å². The first-order valence-corrected chi connectivity index (χ1v) is 7.93. The molecule has 3 rings (SSSR count). The van der Waals surface area contributed by atoms with Gasteiger partial charge in [-0.2, -0.15) is 5.10 Å². The molecule has 6 nitrogen and oxygen atoms in total.